The van der Waals surface area contributed by atoms with Crippen LogP contribution >= 0.6 is 0 Å². The number of nitrogen functional groups attached to an aromatic ring is 1. The third-order valence-corrected chi connectivity index (χ3v) is 2.76. The van der Waals surface area contributed by atoms with Crippen molar-refractivity contribution in [2.45, 2.75) is 20.4 Å². The minimum absolute atomic E-state index is 0.129. The average molecular weight is 259 g/mol. The van der Waals surface area contributed by atoms with Gasteiger partial charge in [-0.1, -0.05) is 12.1 Å². The van der Waals surface area contributed by atoms with Crippen molar-refractivity contribution in [2.75, 3.05) is 12.3 Å². The number of aromatic nitrogens is 2. The van der Waals surface area contributed by atoms with E-state index in [4.69, 9.17) is 10.5 Å². The van der Waals surface area contributed by atoms with E-state index in [0.717, 1.165) is 22.5 Å². The van der Waals surface area contributed by atoms with Crippen LogP contribution in [-0.4, -0.2) is 22.4 Å². The average Bonchev–Trinajstić information content (AvgIpc) is 2.71. The third-order valence-electron chi connectivity index (χ3n) is 2.76. The van der Waals surface area contributed by atoms with Crippen LogP contribution in [0.15, 0.2) is 30.5 Å². The first kappa shape index (κ1) is 13.1. The number of carbonyl (C=O) groups excluding carboxylic acids is 1. The summed E-state index contributed by atoms with van der Waals surface area (Å²) in [6.07, 6.45) is 1.85. The summed E-state index contributed by atoms with van der Waals surface area (Å²) in [6.45, 7) is 4.20. The largest absolute Gasteiger partial charge is 0.465 e. The van der Waals surface area contributed by atoms with Gasteiger partial charge in [-0.05, 0) is 31.5 Å². The molecule has 2 aromatic rings. The van der Waals surface area contributed by atoms with Crippen LogP contribution in [0.3, 0.4) is 0 Å². The highest BCUT2D eigenvalue weighted by molar-refractivity contribution is 5.70. The lowest BCUT2D eigenvalue weighted by molar-refractivity contribution is -0.144. The number of aryl methyl sites for hydroxylation is 1. The van der Waals surface area contributed by atoms with E-state index < -0.39 is 0 Å². The topological polar surface area (TPSA) is 70.1 Å². The van der Waals surface area contributed by atoms with E-state index in [1.807, 2.05) is 37.4 Å². The first-order chi connectivity index (χ1) is 9.10. The Morgan fingerprint density at radius 2 is 2.05 bits per heavy atom. The maximum atomic E-state index is 11.4. The molecule has 0 fully saturated rings. The summed E-state index contributed by atoms with van der Waals surface area (Å²) in [5, 5.41) is 4.32. The predicted molar refractivity (Wildman–Crippen MR) is 73.4 cm³/mol. The molecule has 0 aliphatic heterocycles. The van der Waals surface area contributed by atoms with E-state index in [2.05, 4.69) is 5.10 Å². The number of nitrogens with two attached hydrogens (primary N) is 1. The molecule has 1 heterocycles. The Hall–Kier alpha value is -2.30. The van der Waals surface area contributed by atoms with Crippen LogP contribution < -0.4 is 5.73 Å². The fourth-order valence-corrected chi connectivity index (χ4v) is 1.88. The Kier molecular flexibility index (Phi) is 3.85. The molecular formula is C14H17N3O2. The van der Waals surface area contributed by atoms with Crippen molar-refractivity contribution in [3.63, 3.8) is 0 Å². The van der Waals surface area contributed by atoms with E-state index in [-0.39, 0.29) is 12.5 Å². The summed E-state index contributed by atoms with van der Waals surface area (Å²) in [5.74, 6) is -0.283. The van der Waals surface area contributed by atoms with Crippen LogP contribution in [0.5, 0.6) is 0 Å². The molecule has 0 amide bonds. The monoisotopic (exact) mass is 259 g/mol. The van der Waals surface area contributed by atoms with E-state index in [1.54, 1.807) is 11.6 Å². The number of anilines is 1. The van der Waals surface area contributed by atoms with Gasteiger partial charge >= 0.3 is 5.97 Å². The van der Waals surface area contributed by atoms with Gasteiger partial charge in [0.15, 0.2) is 0 Å². The van der Waals surface area contributed by atoms with Gasteiger partial charge in [0, 0.05) is 17.4 Å². The van der Waals surface area contributed by atoms with E-state index in [1.165, 1.54) is 0 Å². The maximum absolute atomic E-state index is 11.4. The van der Waals surface area contributed by atoms with Crippen LogP contribution in [0.4, 0.5) is 5.69 Å². The fourth-order valence-electron chi connectivity index (χ4n) is 1.88. The van der Waals surface area contributed by atoms with Crippen LogP contribution in [-0.2, 0) is 16.1 Å². The molecule has 1 aromatic carbocycles. The standard InChI is InChI=1S/C14H17N3O2/c1-3-19-14(18)9-17-8-13(10(2)16-17)11-4-6-12(15)7-5-11/h4-8H,3,9,15H2,1-2H3. The maximum Gasteiger partial charge on any atom is 0.327 e. The Balaban J connectivity index is 2.21. The van der Waals surface area contributed by atoms with E-state index in [9.17, 15) is 4.79 Å². The first-order valence-corrected chi connectivity index (χ1v) is 6.15. The molecule has 0 aliphatic rings. The lowest BCUT2D eigenvalue weighted by atomic mass is 10.1. The lowest BCUT2D eigenvalue weighted by Gasteiger charge is -2.01. The third kappa shape index (κ3) is 3.13. The molecule has 1 aromatic heterocycles. The van der Waals surface area contributed by atoms with Gasteiger partial charge in [-0.25, -0.2) is 0 Å². The highest BCUT2D eigenvalue weighted by atomic mass is 16.5. The first-order valence-electron chi connectivity index (χ1n) is 6.15. The van der Waals surface area contributed by atoms with Crippen molar-refractivity contribution in [3.8, 4) is 11.1 Å². The molecule has 0 saturated carbocycles. The van der Waals surface area contributed by atoms with Crippen LogP contribution in [0.1, 0.15) is 12.6 Å². The second-order valence-corrected chi connectivity index (χ2v) is 4.25. The van der Waals surface area contributed by atoms with Gasteiger partial charge in [0.2, 0.25) is 0 Å². The van der Waals surface area contributed by atoms with Crippen molar-refractivity contribution in [1.29, 1.82) is 0 Å². The number of nitrogens with zero attached hydrogens (tertiary/aromatic N) is 2. The molecule has 0 unspecified atom stereocenters. The summed E-state index contributed by atoms with van der Waals surface area (Å²) in [5.41, 5.74) is 9.28. The van der Waals surface area contributed by atoms with Crippen molar-refractivity contribution in [1.82, 2.24) is 9.78 Å². The Morgan fingerprint density at radius 3 is 2.68 bits per heavy atom. The zero-order chi connectivity index (χ0) is 13.8. The molecule has 0 saturated heterocycles. The number of rotatable bonds is 4. The van der Waals surface area contributed by atoms with Gasteiger partial charge < -0.3 is 10.5 Å². The Labute approximate surface area is 112 Å². The molecular weight excluding hydrogens is 242 g/mol. The second-order valence-electron chi connectivity index (χ2n) is 4.25. The van der Waals surface area contributed by atoms with Crippen molar-refractivity contribution < 1.29 is 9.53 Å². The summed E-state index contributed by atoms with van der Waals surface area (Å²) in [7, 11) is 0. The minimum atomic E-state index is -0.283. The molecule has 2 rings (SSSR count). The molecule has 19 heavy (non-hydrogen) atoms. The zero-order valence-corrected chi connectivity index (χ0v) is 11.1. The molecule has 0 atom stereocenters. The van der Waals surface area contributed by atoms with Gasteiger partial charge in [0.05, 0.1) is 12.3 Å². The van der Waals surface area contributed by atoms with Crippen LogP contribution in [0.2, 0.25) is 0 Å². The van der Waals surface area contributed by atoms with E-state index >= 15 is 0 Å². The van der Waals surface area contributed by atoms with E-state index in [0.29, 0.717) is 6.61 Å². The van der Waals surface area contributed by atoms with Gasteiger partial charge in [-0.15, -0.1) is 0 Å². The number of esters is 1. The lowest BCUT2D eigenvalue weighted by Crippen LogP contribution is -2.13. The number of benzene rings is 1. The number of ether oxygens (including phenoxy) is 1. The Morgan fingerprint density at radius 1 is 1.37 bits per heavy atom. The summed E-state index contributed by atoms with van der Waals surface area (Å²) < 4.78 is 6.50. The molecule has 0 aliphatic carbocycles. The zero-order valence-electron chi connectivity index (χ0n) is 11.1. The van der Waals surface area contributed by atoms with Gasteiger partial charge in [0.25, 0.3) is 0 Å². The minimum Gasteiger partial charge on any atom is -0.465 e. The predicted octanol–water partition coefficient (Wildman–Crippen LogP) is 2.00. The smallest absolute Gasteiger partial charge is 0.327 e. The molecule has 0 radical (unpaired) electrons. The second kappa shape index (κ2) is 5.56. The molecule has 0 spiro atoms. The SMILES string of the molecule is CCOC(=O)Cn1cc(-c2ccc(N)cc2)c(C)n1. The molecule has 5 nitrogen and oxygen atoms in total. The van der Waals surface area contributed by atoms with Crippen molar-refractivity contribution in [3.05, 3.63) is 36.2 Å². The number of hydrogen-bond acceptors (Lipinski definition) is 4. The normalized spacial score (nSPS) is 10.4. The quantitative estimate of drug-likeness (QED) is 0.673. The van der Waals surface area contributed by atoms with Gasteiger partial charge in [-0.2, -0.15) is 5.10 Å². The molecule has 100 valence electrons. The van der Waals surface area contributed by atoms with Crippen LogP contribution in [0, 0.1) is 6.92 Å². The number of hydrogen-bond donors (Lipinski definition) is 1. The number of carbonyl (C=O) groups is 1. The van der Waals surface area contributed by atoms with Crippen molar-refractivity contribution in [2.24, 2.45) is 0 Å². The molecule has 5 heteroatoms. The van der Waals surface area contributed by atoms with Gasteiger partial charge in [-0.3, -0.25) is 9.48 Å². The summed E-state index contributed by atoms with van der Waals surface area (Å²) in [4.78, 5) is 11.4. The van der Waals surface area contributed by atoms with Crippen molar-refractivity contribution >= 4 is 11.7 Å². The van der Waals surface area contributed by atoms with Gasteiger partial charge in [0.1, 0.15) is 6.54 Å². The Bertz CT molecular complexity index is 573. The highest BCUT2D eigenvalue weighted by Crippen LogP contribution is 2.23. The summed E-state index contributed by atoms with van der Waals surface area (Å²) in [6, 6.07) is 7.57. The molecule has 0 bridgehead atoms. The highest BCUT2D eigenvalue weighted by Gasteiger charge is 2.10. The van der Waals surface area contributed by atoms with Crippen LogP contribution in [0.25, 0.3) is 11.1 Å². The summed E-state index contributed by atoms with van der Waals surface area (Å²) >= 11 is 0. The molecule has 2 N–H and O–H groups in total. The fraction of sp³-hybridized carbons (Fsp3) is 0.286.